The molecule has 0 aromatic carbocycles. The number of rotatable bonds is 37. The topological polar surface area (TPSA) is 111 Å². The molecule has 0 aromatic heterocycles. The van der Waals surface area contributed by atoms with Crippen molar-refractivity contribution in [3.63, 3.8) is 0 Å². The van der Waals surface area contributed by atoms with E-state index in [0.29, 0.717) is 17.4 Å². The van der Waals surface area contributed by atoms with Crippen LogP contribution in [0.4, 0.5) is 0 Å². The summed E-state index contributed by atoms with van der Waals surface area (Å²) in [5.74, 6) is -0.862. The predicted molar refractivity (Wildman–Crippen MR) is 208 cm³/mol. The Bertz CT molecular complexity index is 933. The molecule has 0 spiro atoms. The Labute approximate surface area is 313 Å². The highest BCUT2D eigenvalue weighted by molar-refractivity contribution is 7.45. The van der Waals surface area contributed by atoms with Crippen LogP contribution < -0.4 is 4.89 Å². The van der Waals surface area contributed by atoms with Crippen molar-refractivity contribution < 1.29 is 42.1 Å². The van der Waals surface area contributed by atoms with Crippen LogP contribution in [0.2, 0.25) is 0 Å². The van der Waals surface area contributed by atoms with Crippen LogP contribution in [0, 0.1) is 0 Å². The average Bonchev–Trinajstić information content (AvgIpc) is 3.07. The van der Waals surface area contributed by atoms with Gasteiger partial charge in [0.15, 0.2) is 6.10 Å². The lowest BCUT2D eigenvalue weighted by Gasteiger charge is -2.28. The SMILES string of the molecule is CCCCCCC/C=C/CCCCCCCC(=O)OC[C@H](COP(=O)([O-])OCC[N+](C)(C)C)OC(=O)CCCCC/C=C/CCCCCCCC. The number of phosphoric ester groups is 1. The number of ether oxygens (including phenoxy) is 2. The molecule has 0 radical (unpaired) electrons. The van der Waals surface area contributed by atoms with E-state index < -0.39 is 32.5 Å². The van der Waals surface area contributed by atoms with Gasteiger partial charge >= 0.3 is 11.9 Å². The molecule has 0 saturated heterocycles. The molecule has 0 fully saturated rings. The molecule has 10 heteroatoms. The number of nitrogens with zero attached hydrogens (tertiary/aromatic N) is 1. The van der Waals surface area contributed by atoms with Gasteiger partial charge in [-0.3, -0.25) is 14.2 Å². The molecule has 0 aliphatic heterocycles. The Hall–Kier alpha value is -1.51. The number of esters is 2. The molecule has 0 N–H and O–H groups in total. The number of unbranched alkanes of at least 4 members (excludes halogenated alkanes) is 19. The third kappa shape index (κ3) is 38.0. The van der Waals surface area contributed by atoms with Crippen molar-refractivity contribution >= 4 is 19.8 Å². The van der Waals surface area contributed by atoms with Gasteiger partial charge in [-0.2, -0.15) is 0 Å². The molecule has 0 saturated carbocycles. The summed E-state index contributed by atoms with van der Waals surface area (Å²) in [4.78, 5) is 37.4. The van der Waals surface area contributed by atoms with Crippen LogP contribution >= 0.6 is 7.82 Å². The second-order valence-corrected chi connectivity index (χ2v) is 16.4. The van der Waals surface area contributed by atoms with Crippen LogP contribution in [0.5, 0.6) is 0 Å². The van der Waals surface area contributed by atoms with Crippen molar-refractivity contribution in [1.29, 1.82) is 0 Å². The van der Waals surface area contributed by atoms with Crippen LogP contribution in [0.3, 0.4) is 0 Å². The Kier molecular flexibility index (Phi) is 33.3. The Morgan fingerprint density at radius 2 is 1.00 bits per heavy atom. The molecule has 0 heterocycles. The largest absolute Gasteiger partial charge is 0.756 e. The van der Waals surface area contributed by atoms with Crippen LogP contribution in [0.1, 0.15) is 174 Å². The highest BCUT2D eigenvalue weighted by Gasteiger charge is 2.21. The molecule has 2 atom stereocenters. The number of hydrogen-bond acceptors (Lipinski definition) is 8. The third-order valence-corrected chi connectivity index (χ3v) is 9.66. The molecule has 51 heavy (non-hydrogen) atoms. The number of hydrogen-bond donors (Lipinski definition) is 0. The number of carbonyl (C=O) groups excluding carboxylic acids is 2. The van der Waals surface area contributed by atoms with E-state index in [1.165, 1.54) is 77.0 Å². The maximum atomic E-state index is 12.6. The normalized spacial score (nSPS) is 13.9. The van der Waals surface area contributed by atoms with Crippen molar-refractivity contribution in [1.82, 2.24) is 0 Å². The second-order valence-electron chi connectivity index (χ2n) is 15.0. The van der Waals surface area contributed by atoms with E-state index in [9.17, 15) is 19.0 Å². The fraction of sp³-hybridized carbons (Fsp3) is 0.854. The van der Waals surface area contributed by atoms with Crippen molar-refractivity contribution in [2.75, 3.05) is 47.5 Å². The number of carbonyl (C=O) groups is 2. The maximum absolute atomic E-state index is 12.6. The number of phosphoric acid groups is 1. The zero-order chi connectivity index (χ0) is 37.9. The van der Waals surface area contributed by atoms with Gasteiger partial charge in [0.1, 0.15) is 19.8 Å². The smallest absolute Gasteiger partial charge is 0.306 e. The van der Waals surface area contributed by atoms with Gasteiger partial charge in [0.2, 0.25) is 0 Å². The Balaban J connectivity index is 4.44. The lowest BCUT2D eigenvalue weighted by atomic mass is 10.1. The van der Waals surface area contributed by atoms with Crippen molar-refractivity contribution in [2.45, 2.75) is 180 Å². The Morgan fingerprint density at radius 1 is 0.588 bits per heavy atom. The quantitative estimate of drug-likeness (QED) is 0.0203. The fourth-order valence-corrected chi connectivity index (χ4v) is 6.14. The van der Waals surface area contributed by atoms with Crippen LogP contribution in [0.25, 0.3) is 0 Å². The van der Waals surface area contributed by atoms with Gasteiger partial charge in [-0.25, -0.2) is 0 Å². The summed E-state index contributed by atoms with van der Waals surface area (Å²) < 4.78 is 33.8. The third-order valence-electron chi connectivity index (χ3n) is 8.69. The zero-order valence-electron chi connectivity index (χ0n) is 33.6. The molecule has 0 amide bonds. The molecule has 0 aromatic rings. The van der Waals surface area contributed by atoms with Crippen molar-refractivity contribution in [2.24, 2.45) is 0 Å². The van der Waals surface area contributed by atoms with Gasteiger partial charge in [-0.15, -0.1) is 0 Å². The Morgan fingerprint density at radius 3 is 1.47 bits per heavy atom. The lowest BCUT2D eigenvalue weighted by Crippen LogP contribution is -2.37. The van der Waals surface area contributed by atoms with E-state index in [2.05, 4.69) is 38.2 Å². The van der Waals surface area contributed by atoms with Crippen molar-refractivity contribution in [3.05, 3.63) is 24.3 Å². The van der Waals surface area contributed by atoms with Crippen LogP contribution in [-0.2, 0) is 32.7 Å². The highest BCUT2D eigenvalue weighted by atomic mass is 31.2. The maximum Gasteiger partial charge on any atom is 0.306 e. The molecule has 0 aliphatic carbocycles. The van der Waals surface area contributed by atoms with E-state index >= 15 is 0 Å². The molecular formula is C41H78NO8P. The van der Waals surface area contributed by atoms with Gasteiger partial charge < -0.3 is 27.9 Å². The van der Waals surface area contributed by atoms with E-state index in [1.54, 1.807) is 0 Å². The summed E-state index contributed by atoms with van der Waals surface area (Å²) in [6.45, 7) is 4.17. The monoisotopic (exact) mass is 744 g/mol. The zero-order valence-corrected chi connectivity index (χ0v) is 34.4. The molecule has 0 bridgehead atoms. The number of allylic oxidation sites excluding steroid dienone is 4. The second kappa shape index (κ2) is 34.3. The van der Waals surface area contributed by atoms with E-state index in [4.69, 9.17) is 18.5 Å². The number of quaternary nitrogens is 1. The minimum absolute atomic E-state index is 0.0339. The molecule has 0 aliphatic rings. The van der Waals surface area contributed by atoms with Gasteiger partial charge in [0, 0.05) is 12.8 Å². The molecule has 9 nitrogen and oxygen atoms in total. The summed E-state index contributed by atoms with van der Waals surface area (Å²) in [7, 11) is 1.15. The first-order valence-electron chi connectivity index (χ1n) is 20.5. The molecule has 300 valence electrons. The number of likely N-dealkylation sites (N-methyl/N-ethyl adjacent to an activating group) is 1. The standard InChI is InChI=1S/C41H78NO8P/c1-6-8-10-12-14-16-18-20-22-23-25-27-29-31-33-40(43)47-37-39(38-49-51(45,46)48-36-35-42(3,4)5)50-41(44)34-32-30-28-26-24-21-19-17-15-13-11-9-7-2/h18,20-21,24,39H,6-17,19,22-23,25-38H2,1-5H3/b20-18+,24-21+/t39-/m1/s1. The summed E-state index contributed by atoms with van der Waals surface area (Å²) >= 11 is 0. The molecule has 1 unspecified atom stereocenters. The van der Waals surface area contributed by atoms with Crippen LogP contribution in [-0.4, -0.2) is 70.0 Å². The summed E-state index contributed by atoms with van der Waals surface area (Å²) in [6, 6.07) is 0. The summed E-state index contributed by atoms with van der Waals surface area (Å²) in [5.41, 5.74) is 0. The van der Waals surface area contributed by atoms with Gasteiger partial charge in [-0.05, 0) is 64.2 Å². The molecular weight excluding hydrogens is 665 g/mol. The van der Waals surface area contributed by atoms with Crippen LogP contribution in [0.15, 0.2) is 24.3 Å². The average molecular weight is 744 g/mol. The van der Waals surface area contributed by atoms with E-state index in [-0.39, 0.29) is 26.1 Å². The van der Waals surface area contributed by atoms with Crippen molar-refractivity contribution in [3.8, 4) is 0 Å². The van der Waals surface area contributed by atoms with Gasteiger partial charge in [-0.1, -0.05) is 122 Å². The van der Waals surface area contributed by atoms with E-state index in [1.807, 2.05) is 21.1 Å². The molecule has 0 rings (SSSR count). The summed E-state index contributed by atoms with van der Waals surface area (Å²) in [6.07, 6.45) is 34.9. The first kappa shape index (κ1) is 49.5. The first-order chi connectivity index (χ1) is 24.5. The predicted octanol–water partition coefficient (Wildman–Crippen LogP) is 10.6. The summed E-state index contributed by atoms with van der Waals surface area (Å²) in [5, 5.41) is 0. The lowest BCUT2D eigenvalue weighted by molar-refractivity contribution is -0.870. The first-order valence-corrected chi connectivity index (χ1v) is 22.0. The van der Waals surface area contributed by atoms with Gasteiger partial charge in [0.25, 0.3) is 7.82 Å². The van der Waals surface area contributed by atoms with Gasteiger partial charge in [0.05, 0.1) is 27.7 Å². The van der Waals surface area contributed by atoms with E-state index in [0.717, 1.165) is 64.2 Å². The fourth-order valence-electron chi connectivity index (χ4n) is 5.41. The minimum Gasteiger partial charge on any atom is -0.756 e. The highest BCUT2D eigenvalue weighted by Crippen LogP contribution is 2.38. The minimum atomic E-state index is -4.62.